The maximum Gasteiger partial charge on any atom is 0.269 e. The van der Waals surface area contributed by atoms with Gasteiger partial charge in [-0.05, 0) is 69.9 Å². The van der Waals surface area contributed by atoms with Gasteiger partial charge in [0, 0.05) is 25.3 Å². The Labute approximate surface area is 205 Å². The Hall–Kier alpha value is -2.90. The minimum Gasteiger partial charge on any atom is -0.492 e. The summed E-state index contributed by atoms with van der Waals surface area (Å²) in [6, 6.07) is 17.7. The van der Waals surface area contributed by atoms with Gasteiger partial charge in [-0.1, -0.05) is 39.0 Å². The van der Waals surface area contributed by atoms with E-state index in [1.54, 1.807) is 21.1 Å². The van der Waals surface area contributed by atoms with E-state index in [0.29, 0.717) is 36.4 Å². The van der Waals surface area contributed by atoms with Gasteiger partial charge in [0.15, 0.2) is 0 Å². The van der Waals surface area contributed by atoms with Crippen LogP contribution in [0.4, 0.5) is 5.69 Å². The second-order valence-corrected chi connectivity index (χ2v) is 9.88. The van der Waals surface area contributed by atoms with Gasteiger partial charge in [-0.25, -0.2) is 0 Å². The number of rotatable bonds is 9. The van der Waals surface area contributed by atoms with Crippen LogP contribution in [0.5, 0.6) is 11.5 Å². The van der Waals surface area contributed by atoms with Gasteiger partial charge in [0.1, 0.15) is 18.1 Å². The average molecular weight is 483 g/mol. The standard InChI is InChI=1S/C26H30N2O3S2/c1-26(2,3)21-8-10-23(11-9-21)31-25(32)27(4)22-6-5-7-24(16-22)30-14-13-28(19-29)17-20-12-15-33-18-20/h5-12,15-16,18-19H,13-14,17H2,1-4H3. The molecular weight excluding hydrogens is 452 g/mol. The van der Waals surface area contributed by atoms with Gasteiger partial charge in [-0.3, -0.25) is 4.79 Å². The van der Waals surface area contributed by atoms with Crippen molar-refractivity contribution in [1.29, 1.82) is 0 Å². The van der Waals surface area contributed by atoms with E-state index in [0.717, 1.165) is 17.7 Å². The van der Waals surface area contributed by atoms with Crippen LogP contribution < -0.4 is 14.4 Å². The Balaban J connectivity index is 1.54. The van der Waals surface area contributed by atoms with Gasteiger partial charge < -0.3 is 19.3 Å². The highest BCUT2D eigenvalue weighted by atomic mass is 32.1. The van der Waals surface area contributed by atoms with E-state index < -0.39 is 0 Å². The van der Waals surface area contributed by atoms with Crippen LogP contribution in [-0.2, 0) is 16.8 Å². The fourth-order valence-electron chi connectivity index (χ4n) is 3.15. The number of benzene rings is 2. The van der Waals surface area contributed by atoms with Crippen molar-refractivity contribution in [3.63, 3.8) is 0 Å². The molecule has 0 atom stereocenters. The molecule has 0 fully saturated rings. The maximum atomic E-state index is 11.3. The second-order valence-electron chi connectivity index (χ2n) is 8.75. The largest absolute Gasteiger partial charge is 0.492 e. The van der Waals surface area contributed by atoms with Crippen molar-refractivity contribution in [3.8, 4) is 11.5 Å². The number of carbonyl (C=O) groups excluding carboxylic acids is 1. The van der Waals surface area contributed by atoms with Crippen molar-refractivity contribution in [2.45, 2.75) is 32.7 Å². The number of hydrogen-bond acceptors (Lipinski definition) is 5. The van der Waals surface area contributed by atoms with E-state index in [1.165, 1.54) is 5.56 Å². The molecule has 0 unspecified atom stereocenters. The molecule has 0 saturated heterocycles. The lowest BCUT2D eigenvalue weighted by molar-refractivity contribution is -0.119. The fourth-order valence-corrected chi connectivity index (χ4v) is 4.01. The van der Waals surface area contributed by atoms with Crippen LogP contribution in [0.1, 0.15) is 31.9 Å². The predicted molar refractivity (Wildman–Crippen MR) is 140 cm³/mol. The lowest BCUT2D eigenvalue weighted by Gasteiger charge is -2.22. The summed E-state index contributed by atoms with van der Waals surface area (Å²) < 4.78 is 11.8. The zero-order chi connectivity index (χ0) is 23.8. The summed E-state index contributed by atoms with van der Waals surface area (Å²) in [6.07, 6.45) is 0.856. The lowest BCUT2D eigenvalue weighted by atomic mass is 9.87. The zero-order valence-electron chi connectivity index (χ0n) is 19.5. The molecule has 1 aromatic heterocycles. The Bertz CT molecular complexity index is 1040. The number of ether oxygens (including phenoxy) is 2. The molecule has 0 radical (unpaired) electrons. The smallest absolute Gasteiger partial charge is 0.269 e. The lowest BCUT2D eigenvalue weighted by Crippen LogP contribution is -2.29. The molecule has 2 aromatic carbocycles. The number of carbonyl (C=O) groups is 1. The first-order valence-electron chi connectivity index (χ1n) is 10.8. The number of amides is 1. The number of anilines is 1. The molecule has 7 heteroatoms. The van der Waals surface area contributed by atoms with Crippen molar-refractivity contribution in [1.82, 2.24) is 4.90 Å². The summed E-state index contributed by atoms with van der Waals surface area (Å²) in [6.45, 7) is 8.02. The van der Waals surface area contributed by atoms with Gasteiger partial charge in [-0.2, -0.15) is 11.3 Å². The molecule has 0 aliphatic carbocycles. The third-order valence-corrected chi connectivity index (χ3v) is 6.26. The van der Waals surface area contributed by atoms with Crippen LogP contribution >= 0.6 is 23.6 Å². The Morgan fingerprint density at radius 3 is 2.48 bits per heavy atom. The van der Waals surface area contributed by atoms with Crippen molar-refractivity contribution in [2.24, 2.45) is 0 Å². The monoisotopic (exact) mass is 482 g/mol. The van der Waals surface area contributed by atoms with E-state index in [9.17, 15) is 4.79 Å². The van der Waals surface area contributed by atoms with Crippen LogP contribution in [0.25, 0.3) is 0 Å². The molecule has 0 spiro atoms. The van der Waals surface area contributed by atoms with E-state index in [1.807, 2.05) is 60.3 Å². The molecule has 3 rings (SSSR count). The third kappa shape index (κ3) is 7.30. The van der Waals surface area contributed by atoms with E-state index >= 15 is 0 Å². The summed E-state index contributed by atoms with van der Waals surface area (Å²) in [4.78, 5) is 14.8. The quantitative estimate of drug-likeness (QED) is 0.281. The van der Waals surface area contributed by atoms with Crippen LogP contribution in [0, 0.1) is 0 Å². The predicted octanol–water partition coefficient (Wildman–Crippen LogP) is 5.88. The molecule has 0 aliphatic heterocycles. The number of thiophene rings is 1. The third-order valence-electron chi connectivity index (χ3n) is 5.17. The van der Waals surface area contributed by atoms with Crippen molar-refractivity contribution in [3.05, 3.63) is 76.5 Å². The van der Waals surface area contributed by atoms with Crippen LogP contribution in [0.3, 0.4) is 0 Å². The molecule has 3 aromatic rings. The normalized spacial score (nSPS) is 11.0. The Morgan fingerprint density at radius 2 is 1.85 bits per heavy atom. The summed E-state index contributed by atoms with van der Waals surface area (Å²) in [7, 11) is 1.86. The van der Waals surface area contributed by atoms with Gasteiger partial charge in [0.25, 0.3) is 5.17 Å². The zero-order valence-corrected chi connectivity index (χ0v) is 21.1. The second kappa shape index (κ2) is 11.3. The maximum absolute atomic E-state index is 11.3. The van der Waals surface area contributed by atoms with Crippen molar-refractivity contribution >= 4 is 40.8 Å². The highest BCUT2D eigenvalue weighted by molar-refractivity contribution is 7.80. The number of hydrogen-bond donors (Lipinski definition) is 0. The first-order chi connectivity index (χ1) is 15.8. The summed E-state index contributed by atoms with van der Waals surface area (Å²) in [5, 5.41) is 4.39. The Kier molecular flexibility index (Phi) is 8.47. The van der Waals surface area contributed by atoms with Gasteiger partial charge in [-0.15, -0.1) is 0 Å². The van der Waals surface area contributed by atoms with Crippen molar-refractivity contribution in [2.75, 3.05) is 25.1 Å². The van der Waals surface area contributed by atoms with Crippen LogP contribution in [0.2, 0.25) is 0 Å². The van der Waals surface area contributed by atoms with E-state index in [-0.39, 0.29) is 5.41 Å². The van der Waals surface area contributed by atoms with Crippen molar-refractivity contribution < 1.29 is 14.3 Å². The molecule has 0 N–H and O–H groups in total. The van der Waals surface area contributed by atoms with Crippen LogP contribution in [0.15, 0.2) is 65.4 Å². The first-order valence-corrected chi connectivity index (χ1v) is 12.1. The SMILES string of the molecule is CN(C(=S)Oc1ccc(C(C)(C)C)cc1)c1cccc(OCCN(C=O)Cc2ccsc2)c1. The molecule has 33 heavy (non-hydrogen) atoms. The van der Waals surface area contributed by atoms with E-state index in [2.05, 4.69) is 32.9 Å². The topological polar surface area (TPSA) is 42.0 Å². The van der Waals surface area contributed by atoms with Gasteiger partial charge >= 0.3 is 0 Å². The molecule has 1 heterocycles. The minimum atomic E-state index is 0.0862. The molecule has 174 valence electrons. The fraction of sp³-hybridized carbons (Fsp3) is 0.308. The summed E-state index contributed by atoms with van der Waals surface area (Å²) in [5.41, 5.74) is 3.30. The molecule has 1 amide bonds. The number of nitrogens with zero attached hydrogens (tertiary/aromatic N) is 2. The summed E-state index contributed by atoms with van der Waals surface area (Å²) >= 11 is 7.12. The van der Waals surface area contributed by atoms with Crippen LogP contribution in [-0.4, -0.2) is 36.7 Å². The molecule has 0 aliphatic rings. The number of thiocarbonyl (C=S) groups is 1. The molecule has 0 saturated carbocycles. The molecular formula is C26H30N2O3S2. The highest BCUT2D eigenvalue weighted by Crippen LogP contribution is 2.25. The first kappa shape index (κ1) is 24.7. The molecule has 0 bridgehead atoms. The molecule has 5 nitrogen and oxygen atoms in total. The highest BCUT2D eigenvalue weighted by Gasteiger charge is 2.15. The Morgan fingerprint density at radius 1 is 1.09 bits per heavy atom. The van der Waals surface area contributed by atoms with Gasteiger partial charge in [0.05, 0.1) is 6.54 Å². The summed E-state index contributed by atoms with van der Waals surface area (Å²) in [5.74, 6) is 1.41. The minimum absolute atomic E-state index is 0.0862. The average Bonchev–Trinajstić information content (AvgIpc) is 3.31. The van der Waals surface area contributed by atoms with Gasteiger partial charge in [0.2, 0.25) is 6.41 Å². The van der Waals surface area contributed by atoms with E-state index in [4.69, 9.17) is 21.7 Å².